The molecule has 0 unspecified atom stereocenters. The average Bonchev–Trinajstić information content (AvgIpc) is 2.45. The van der Waals surface area contributed by atoms with E-state index in [9.17, 15) is 22.8 Å². The van der Waals surface area contributed by atoms with Gasteiger partial charge in [0.15, 0.2) is 5.92 Å². The van der Waals surface area contributed by atoms with E-state index < -0.39 is 29.6 Å². The summed E-state index contributed by atoms with van der Waals surface area (Å²) in [6.45, 7) is 3.36. The maximum Gasteiger partial charge on any atom is 0.416 e. The summed E-state index contributed by atoms with van der Waals surface area (Å²) in [5.74, 6) is -2.75. The normalized spacial score (nSPS) is 11.4. The summed E-state index contributed by atoms with van der Waals surface area (Å²) in [7, 11) is 0. The van der Waals surface area contributed by atoms with Crippen LogP contribution in [0.5, 0.6) is 0 Å². The Labute approximate surface area is 140 Å². The highest BCUT2D eigenvalue weighted by Crippen LogP contribution is 2.33. The molecule has 0 saturated heterocycles. The zero-order chi connectivity index (χ0) is 17.6. The molecule has 23 heavy (non-hydrogen) atoms. The first-order valence-corrected chi connectivity index (χ1v) is 7.68. The van der Waals surface area contributed by atoms with Crippen LogP contribution in [0.4, 0.5) is 13.2 Å². The van der Waals surface area contributed by atoms with Gasteiger partial charge in [-0.25, -0.2) is 0 Å². The van der Waals surface area contributed by atoms with E-state index in [4.69, 9.17) is 9.47 Å². The number of carbonyl (C=O) groups is 2. The van der Waals surface area contributed by atoms with Gasteiger partial charge in [-0.05, 0) is 38.0 Å². The zero-order valence-corrected chi connectivity index (χ0v) is 14.2. The lowest BCUT2D eigenvalue weighted by atomic mass is 9.98. The summed E-state index contributed by atoms with van der Waals surface area (Å²) < 4.78 is 47.8. The van der Waals surface area contributed by atoms with Gasteiger partial charge in [-0.2, -0.15) is 13.2 Å². The Kier molecular flexibility index (Phi) is 7.05. The molecule has 1 aromatic rings. The molecule has 0 fully saturated rings. The minimum Gasteiger partial charge on any atom is -0.465 e. The second kappa shape index (κ2) is 8.33. The van der Waals surface area contributed by atoms with E-state index in [1.54, 1.807) is 13.8 Å². The van der Waals surface area contributed by atoms with Crippen molar-refractivity contribution in [2.45, 2.75) is 26.4 Å². The number of hydrogen-bond acceptors (Lipinski definition) is 4. The van der Waals surface area contributed by atoms with Crippen molar-refractivity contribution in [2.75, 3.05) is 13.2 Å². The van der Waals surface area contributed by atoms with Crippen LogP contribution in [-0.2, 0) is 31.7 Å². The molecule has 0 bridgehead atoms. The van der Waals surface area contributed by atoms with Crippen molar-refractivity contribution in [1.29, 1.82) is 0 Å². The lowest BCUT2D eigenvalue weighted by Gasteiger charge is -2.16. The summed E-state index contributed by atoms with van der Waals surface area (Å²) in [6.07, 6.45) is -4.58. The molecule has 0 aliphatic heterocycles. The van der Waals surface area contributed by atoms with Gasteiger partial charge in [0, 0.05) is 4.47 Å². The van der Waals surface area contributed by atoms with Crippen molar-refractivity contribution in [1.82, 2.24) is 0 Å². The van der Waals surface area contributed by atoms with Crippen LogP contribution in [0.2, 0.25) is 0 Å². The van der Waals surface area contributed by atoms with Gasteiger partial charge >= 0.3 is 18.1 Å². The van der Waals surface area contributed by atoms with E-state index >= 15 is 0 Å². The van der Waals surface area contributed by atoms with E-state index in [0.717, 1.165) is 12.1 Å². The fourth-order valence-corrected chi connectivity index (χ4v) is 2.40. The summed E-state index contributed by atoms with van der Waals surface area (Å²) in [6, 6.07) is 3.02. The molecule has 8 heteroatoms. The Morgan fingerprint density at radius 1 is 1.13 bits per heavy atom. The molecule has 1 rings (SSSR count). The molecule has 0 aliphatic rings. The highest BCUT2D eigenvalue weighted by molar-refractivity contribution is 9.10. The smallest absolute Gasteiger partial charge is 0.416 e. The summed E-state index contributed by atoms with van der Waals surface area (Å²) >= 11 is 3.04. The van der Waals surface area contributed by atoms with Crippen molar-refractivity contribution in [2.24, 2.45) is 5.92 Å². The van der Waals surface area contributed by atoms with Gasteiger partial charge in [-0.15, -0.1) is 0 Å². The van der Waals surface area contributed by atoms with Crippen LogP contribution in [-0.4, -0.2) is 25.2 Å². The third kappa shape index (κ3) is 5.53. The lowest BCUT2D eigenvalue weighted by Crippen LogP contribution is -2.30. The molecule has 0 saturated carbocycles. The minimum absolute atomic E-state index is 0.0862. The Morgan fingerprint density at radius 3 is 2.04 bits per heavy atom. The fraction of sp³-hybridized carbons (Fsp3) is 0.467. The molecule has 0 N–H and O–H groups in total. The van der Waals surface area contributed by atoms with Crippen molar-refractivity contribution >= 4 is 27.9 Å². The molecule has 0 aliphatic carbocycles. The molecule has 0 aromatic heterocycles. The molecule has 1 aromatic carbocycles. The van der Waals surface area contributed by atoms with Crippen LogP contribution >= 0.6 is 15.9 Å². The number of ether oxygens (including phenoxy) is 2. The minimum atomic E-state index is -4.47. The van der Waals surface area contributed by atoms with E-state index in [-0.39, 0.29) is 24.1 Å². The summed E-state index contributed by atoms with van der Waals surface area (Å²) in [5, 5.41) is 0. The first kappa shape index (κ1) is 19.5. The number of alkyl halides is 3. The maximum atomic E-state index is 12.7. The number of benzene rings is 1. The first-order chi connectivity index (χ1) is 10.7. The molecule has 0 radical (unpaired) electrons. The van der Waals surface area contributed by atoms with Crippen LogP contribution in [0.15, 0.2) is 22.7 Å². The van der Waals surface area contributed by atoms with Crippen molar-refractivity contribution in [3.05, 3.63) is 33.8 Å². The van der Waals surface area contributed by atoms with Crippen LogP contribution < -0.4 is 0 Å². The number of esters is 2. The molecule has 128 valence electrons. The highest BCUT2D eigenvalue weighted by Gasteiger charge is 2.33. The predicted octanol–water partition coefficient (Wildman–Crippen LogP) is 3.75. The first-order valence-electron chi connectivity index (χ1n) is 6.89. The van der Waals surface area contributed by atoms with Crippen LogP contribution in [0.25, 0.3) is 0 Å². The van der Waals surface area contributed by atoms with Crippen molar-refractivity contribution < 1.29 is 32.2 Å². The lowest BCUT2D eigenvalue weighted by molar-refractivity contribution is -0.161. The monoisotopic (exact) mass is 396 g/mol. The Hall–Kier alpha value is -1.57. The quantitative estimate of drug-likeness (QED) is 0.542. The topological polar surface area (TPSA) is 52.6 Å². The third-order valence-electron chi connectivity index (χ3n) is 2.95. The van der Waals surface area contributed by atoms with Gasteiger partial charge in [0.2, 0.25) is 0 Å². The number of halogens is 4. The molecule has 0 spiro atoms. The standard InChI is InChI=1S/C15H16BrF3O4/c1-3-22-13(20)11(14(21)23-4-2)7-9-5-6-10(8-12(9)16)15(17,18)19/h5-6,8,11H,3-4,7H2,1-2H3. The Morgan fingerprint density at radius 2 is 1.65 bits per heavy atom. The van der Waals surface area contributed by atoms with E-state index in [0.29, 0.717) is 5.56 Å². The predicted molar refractivity (Wildman–Crippen MR) is 79.6 cm³/mol. The van der Waals surface area contributed by atoms with Crippen LogP contribution in [0.3, 0.4) is 0 Å². The molecule has 4 nitrogen and oxygen atoms in total. The summed E-state index contributed by atoms with van der Waals surface area (Å²) in [5.41, 5.74) is -0.443. The molecule has 0 atom stereocenters. The molecule has 0 heterocycles. The molecular weight excluding hydrogens is 381 g/mol. The third-order valence-corrected chi connectivity index (χ3v) is 3.68. The van der Waals surface area contributed by atoms with Crippen LogP contribution in [0.1, 0.15) is 25.0 Å². The summed E-state index contributed by atoms with van der Waals surface area (Å²) in [4.78, 5) is 23.8. The largest absolute Gasteiger partial charge is 0.465 e. The van der Waals surface area contributed by atoms with Crippen molar-refractivity contribution in [3.63, 3.8) is 0 Å². The average molecular weight is 397 g/mol. The van der Waals surface area contributed by atoms with Gasteiger partial charge < -0.3 is 9.47 Å². The number of carbonyl (C=O) groups excluding carboxylic acids is 2. The Bertz CT molecular complexity index is 554. The fourth-order valence-electron chi connectivity index (χ4n) is 1.86. The van der Waals surface area contributed by atoms with Gasteiger partial charge in [0.25, 0.3) is 0 Å². The van der Waals surface area contributed by atoms with Gasteiger partial charge in [0.05, 0.1) is 18.8 Å². The van der Waals surface area contributed by atoms with E-state index in [1.807, 2.05) is 0 Å². The second-order valence-electron chi connectivity index (χ2n) is 4.56. The van der Waals surface area contributed by atoms with E-state index in [1.165, 1.54) is 6.07 Å². The zero-order valence-electron chi connectivity index (χ0n) is 12.6. The number of rotatable bonds is 6. The SMILES string of the molecule is CCOC(=O)C(Cc1ccc(C(F)(F)F)cc1Br)C(=O)OCC. The Balaban J connectivity index is 3.03. The molecule has 0 amide bonds. The van der Waals surface area contributed by atoms with E-state index in [2.05, 4.69) is 15.9 Å². The van der Waals surface area contributed by atoms with Crippen molar-refractivity contribution in [3.8, 4) is 0 Å². The van der Waals surface area contributed by atoms with Gasteiger partial charge in [0.1, 0.15) is 0 Å². The van der Waals surface area contributed by atoms with Gasteiger partial charge in [-0.3, -0.25) is 9.59 Å². The number of hydrogen-bond donors (Lipinski definition) is 0. The van der Waals surface area contributed by atoms with Gasteiger partial charge in [-0.1, -0.05) is 22.0 Å². The highest BCUT2D eigenvalue weighted by atomic mass is 79.9. The maximum absolute atomic E-state index is 12.7. The molecular formula is C15H16BrF3O4. The second-order valence-corrected chi connectivity index (χ2v) is 5.42. The van der Waals surface area contributed by atoms with Crippen LogP contribution in [0, 0.1) is 5.92 Å².